The van der Waals surface area contributed by atoms with Crippen LogP contribution in [0.3, 0.4) is 0 Å². The fourth-order valence-electron chi connectivity index (χ4n) is 2.29. The highest BCUT2D eigenvalue weighted by molar-refractivity contribution is 6.06. The molecule has 0 N–H and O–H groups in total. The average molecular weight is 359 g/mol. The van der Waals surface area contributed by atoms with Crippen LogP contribution in [-0.2, 0) is 0 Å². The van der Waals surface area contributed by atoms with Crippen LogP contribution < -0.4 is 4.74 Å². The monoisotopic (exact) mass is 359 g/mol. The molecule has 27 heavy (non-hydrogen) atoms. The molecular weight excluding hydrogens is 342 g/mol. The number of hydrogen-bond donors (Lipinski definition) is 0. The van der Waals surface area contributed by atoms with Gasteiger partial charge in [0, 0.05) is 24.7 Å². The number of aromatic nitrogens is 5. The molecule has 0 atom stereocenters. The van der Waals surface area contributed by atoms with E-state index in [0.29, 0.717) is 34.4 Å². The zero-order valence-electron chi connectivity index (χ0n) is 14.7. The fourth-order valence-corrected chi connectivity index (χ4v) is 2.29. The highest BCUT2D eigenvalue weighted by atomic mass is 16.5. The Bertz CT molecular complexity index is 1010. The van der Waals surface area contributed by atoms with Crippen molar-refractivity contribution >= 4 is 12.1 Å². The summed E-state index contributed by atoms with van der Waals surface area (Å²) in [6.07, 6.45) is 6.21. The first-order valence-corrected chi connectivity index (χ1v) is 8.01. The van der Waals surface area contributed by atoms with Gasteiger partial charge in [-0.05, 0) is 29.5 Å². The number of benzene rings is 1. The molecule has 0 aliphatic rings. The minimum atomic E-state index is 0.433. The molecule has 3 rings (SSSR count). The predicted octanol–water partition coefficient (Wildman–Crippen LogP) is 2.88. The molecule has 0 spiro atoms. The van der Waals surface area contributed by atoms with E-state index in [4.69, 9.17) is 4.74 Å². The third-order valence-electron chi connectivity index (χ3n) is 3.48. The Hall–Kier alpha value is -3.94. The van der Waals surface area contributed by atoms with Crippen molar-refractivity contribution in [3.63, 3.8) is 0 Å². The van der Waals surface area contributed by atoms with Gasteiger partial charge >= 0.3 is 0 Å². The van der Waals surface area contributed by atoms with Crippen LogP contribution in [0, 0.1) is 0 Å². The zero-order chi connectivity index (χ0) is 19.1. The number of rotatable bonds is 6. The van der Waals surface area contributed by atoms with E-state index in [1.165, 1.54) is 11.0 Å². The van der Waals surface area contributed by atoms with Gasteiger partial charge in [-0.2, -0.15) is 0 Å². The lowest BCUT2D eigenvalue weighted by molar-refractivity contribution is 0.413. The molecule has 0 aliphatic heterocycles. The Kier molecular flexibility index (Phi) is 5.58. The van der Waals surface area contributed by atoms with Crippen LogP contribution in [0.15, 0.2) is 78.0 Å². The van der Waals surface area contributed by atoms with Gasteiger partial charge in [0.15, 0.2) is 5.84 Å². The summed E-state index contributed by atoms with van der Waals surface area (Å²) in [4.78, 5) is 14.1. The molecule has 8 heteroatoms. The van der Waals surface area contributed by atoms with E-state index in [9.17, 15) is 0 Å². The van der Waals surface area contributed by atoms with Crippen molar-refractivity contribution in [3.8, 4) is 23.0 Å². The van der Waals surface area contributed by atoms with Crippen LogP contribution in [0.25, 0.3) is 17.2 Å². The number of ether oxygens (including phenoxy) is 1. The van der Waals surface area contributed by atoms with E-state index in [0.717, 1.165) is 0 Å². The first kappa shape index (κ1) is 17.9. The number of aliphatic imine (C=N–C) groups is 2. The molecule has 2 aromatic heterocycles. The Morgan fingerprint density at radius 3 is 2.81 bits per heavy atom. The molecule has 1 aromatic carbocycles. The topological polar surface area (TPSA) is 90.4 Å². The van der Waals surface area contributed by atoms with Crippen molar-refractivity contribution in [2.45, 2.75) is 0 Å². The van der Waals surface area contributed by atoms with Gasteiger partial charge in [0.05, 0.1) is 18.4 Å². The van der Waals surface area contributed by atoms with Gasteiger partial charge in [0.25, 0.3) is 0 Å². The van der Waals surface area contributed by atoms with Crippen molar-refractivity contribution in [2.75, 3.05) is 7.11 Å². The Balaban J connectivity index is 1.98. The number of hydrogen-bond acceptors (Lipinski definition) is 6. The first-order chi connectivity index (χ1) is 13.3. The summed E-state index contributed by atoms with van der Waals surface area (Å²) in [5, 5.41) is 12.5. The quantitative estimate of drug-likeness (QED) is 0.498. The van der Waals surface area contributed by atoms with Gasteiger partial charge in [0.2, 0.25) is 5.82 Å². The first-order valence-electron chi connectivity index (χ1n) is 8.01. The van der Waals surface area contributed by atoms with Crippen LogP contribution in [0.2, 0.25) is 0 Å². The third kappa shape index (κ3) is 4.01. The van der Waals surface area contributed by atoms with Crippen LogP contribution in [0.5, 0.6) is 5.75 Å². The van der Waals surface area contributed by atoms with Gasteiger partial charge in [-0.1, -0.05) is 25.3 Å². The van der Waals surface area contributed by atoms with Crippen molar-refractivity contribution in [1.82, 2.24) is 25.2 Å². The Labute approximate surface area is 156 Å². The highest BCUT2D eigenvalue weighted by Gasteiger charge is 2.13. The molecule has 8 nitrogen and oxygen atoms in total. The number of methoxy groups -OCH3 is 1. The minimum absolute atomic E-state index is 0.433. The number of nitrogens with zero attached hydrogens (tertiary/aromatic N) is 7. The second-order valence-electron chi connectivity index (χ2n) is 5.15. The number of allylic oxidation sites excluding steroid dienone is 1. The summed E-state index contributed by atoms with van der Waals surface area (Å²) in [5.41, 5.74) is 2.02. The molecule has 0 saturated carbocycles. The minimum Gasteiger partial charge on any atom is -0.496 e. The SMILES string of the molecule is C=CC=NC(=NC=C)c1ccc(-n2nnc(-c3ccccn3)n2)cc1OC. The van der Waals surface area contributed by atoms with Crippen LogP contribution in [0.4, 0.5) is 0 Å². The number of tetrazole rings is 1. The van der Waals surface area contributed by atoms with E-state index < -0.39 is 0 Å². The average Bonchev–Trinajstić information content (AvgIpc) is 3.21. The third-order valence-corrected chi connectivity index (χ3v) is 3.48. The fraction of sp³-hybridized carbons (Fsp3) is 0.0526. The lowest BCUT2D eigenvalue weighted by atomic mass is 10.1. The molecule has 134 valence electrons. The smallest absolute Gasteiger partial charge is 0.223 e. The van der Waals surface area contributed by atoms with Gasteiger partial charge in [-0.3, -0.25) is 4.98 Å². The van der Waals surface area contributed by atoms with Gasteiger partial charge in [0.1, 0.15) is 11.4 Å². The molecular formula is C19H17N7O. The number of pyridine rings is 1. The molecule has 0 unspecified atom stereocenters. The molecule has 2 heterocycles. The second kappa shape index (κ2) is 8.43. The summed E-state index contributed by atoms with van der Waals surface area (Å²) in [5.74, 6) is 1.45. The Morgan fingerprint density at radius 1 is 1.22 bits per heavy atom. The van der Waals surface area contributed by atoms with Crippen molar-refractivity contribution in [2.24, 2.45) is 9.98 Å². The zero-order valence-corrected chi connectivity index (χ0v) is 14.7. The Morgan fingerprint density at radius 2 is 2.11 bits per heavy atom. The van der Waals surface area contributed by atoms with Crippen LogP contribution in [0.1, 0.15) is 5.56 Å². The van der Waals surface area contributed by atoms with E-state index in [1.807, 2.05) is 30.3 Å². The maximum Gasteiger partial charge on any atom is 0.223 e. The van der Waals surface area contributed by atoms with Crippen molar-refractivity contribution in [3.05, 3.63) is 73.6 Å². The standard InChI is InChI=1S/C19H17N7O/c1-4-11-22-18(20-5-2)15-10-9-14(13-17(15)27-3)26-24-19(23-25-26)16-8-6-7-12-21-16/h4-13H,1-2H2,3H3. The summed E-state index contributed by atoms with van der Waals surface area (Å²) in [6, 6.07) is 10.9. The summed E-state index contributed by atoms with van der Waals surface area (Å²) < 4.78 is 5.49. The normalized spacial score (nSPS) is 11.5. The maximum absolute atomic E-state index is 5.49. The molecule has 0 aliphatic carbocycles. The highest BCUT2D eigenvalue weighted by Crippen LogP contribution is 2.23. The largest absolute Gasteiger partial charge is 0.496 e. The summed E-state index contributed by atoms with van der Waals surface area (Å²) in [7, 11) is 1.57. The molecule has 0 amide bonds. The molecule has 0 saturated heterocycles. The molecule has 0 radical (unpaired) electrons. The molecule has 3 aromatic rings. The maximum atomic E-state index is 5.49. The summed E-state index contributed by atoms with van der Waals surface area (Å²) >= 11 is 0. The predicted molar refractivity (Wildman–Crippen MR) is 104 cm³/mol. The van der Waals surface area contributed by atoms with Crippen LogP contribution >= 0.6 is 0 Å². The molecule has 0 fully saturated rings. The van der Waals surface area contributed by atoms with Gasteiger partial charge < -0.3 is 4.74 Å². The van der Waals surface area contributed by atoms with Gasteiger partial charge in [-0.15, -0.1) is 15.0 Å². The lowest BCUT2D eigenvalue weighted by Crippen LogP contribution is -2.05. The van der Waals surface area contributed by atoms with Crippen molar-refractivity contribution < 1.29 is 4.74 Å². The molecule has 0 bridgehead atoms. The van der Waals surface area contributed by atoms with E-state index in [2.05, 4.69) is 43.5 Å². The number of amidine groups is 1. The van der Waals surface area contributed by atoms with Crippen molar-refractivity contribution in [1.29, 1.82) is 0 Å². The van der Waals surface area contributed by atoms with E-state index >= 15 is 0 Å². The van der Waals surface area contributed by atoms with E-state index in [-0.39, 0.29) is 0 Å². The van der Waals surface area contributed by atoms with Gasteiger partial charge in [-0.25, -0.2) is 9.98 Å². The van der Waals surface area contributed by atoms with E-state index in [1.54, 1.807) is 31.7 Å². The second-order valence-corrected chi connectivity index (χ2v) is 5.15. The summed E-state index contributed by atoms with van der Waals surface area (Å²) in [6.45, 7) is 7.24. The van der Waals surface area contributed by atoms with Crippen LogP contribution in [-0.4, -0.2) is 44.4 Å². The lowest BCUT2D eigenvalue weighted by Gasteiger charge is -2.09.